The molecule has 0 spiro atoms. The average Bonchev–Trinajstić information content (AvgIpc) is 2.82. The van der Waals surface area contributed by atoms with E-state index in [0.717, 1.165) is 36.7 Å². The quantitative estimate of drug-likeness (QED) is 0.822. The van der Waals surface area contributed by atoms with Gasteiger partial charge in [-0.2, -0.15) is 0 Å². The monoisotopic (exact) mass is 299 g/mol. The molecule has 0 bridgehead atoms. The van der Waals surface area contributed by atoms with E-state index in [2.05, 4.69) is 21.2 Å². The molecule has 1 aliphatic heterocycles. The van der Waals surface area contributed by atoms with Crippen LogP contribution in [0.4, 0.5) is 0 Å². The Balaban J connectivity index is 1.68. The molecule has 1 fully saturated rings. The van der Waals surface area contributed by atoms with Crippen LogP contribution >= 0.6 is 15.9 Å². The summed E-state index contributed by atoms with van der Waals surface area (Å²) in [5.74, 6) is 1.02. The first-order valence-corrected chi connectivity index (χ1v) is 6.81. The van der Waals surface area contributed by atoms with Gasteiger partial charge in [-0.05, 0) is 58.9 Å². The van der Waals surface area contributed by atoms with E-state index in [1.807, 2.05) is 12.1 Å². The molecule has 1 unspecified atom stereocenters. The number of hydrogen-bond acceptors (Lipinski definition) is 3. The first-order chi connectivity index (χ1) is 8.25. The van der Waals surface area contributed by atoms with Gasteiger partial charge in [-0.1, -0.05) is 6.07 Å². The fourth-order valence-corrected chi connectivity index (χ4v) is 2.44. The van der Waals surface area contributed by atoms with Gasteiger partial charge < -0.3 is 15.2 Å². The third-order valence-corrected chi connectivity index (χ3v) is 3.73. The van der Waals surface area contributed by atoms with Crippen LogP contribution in [0.5, 0.6) is 5.75 Å². The highest BCUT2D eigenvalue weighted by atomic mass is 79.9. The topological polar surface area (TPSA) is 41.5 Å². The van der Waals surface area contributed by atoms with E-state index in [1.54, 1.807) is 6.07 Å². The van der Waals surface area contributed by atoms with E-state index in [4.69, 9.17) is 4.74 Å². The minimum atomic E-state index is 0.289. The molecule has 0 aliphatic carbocycles. The number of rotatable bonds is 5. The second-order valence-electron chi connectivity index (χ2n) is 4.48. The fraction of sp³-hybridized carbons (Fsp3) is 0.538. The molecule has 1 saturated heterocycles. The van der Waals surface area contributed by atoms with Crippen molar-refractivity contribution in [2.75, 3.05) is 19.8 Å². The Morgan fingerprint density at radius 1 is 1.47 bits per heavy atom. The van der Waals surface area contributed by atoms with Crippen LogP contribution in [-0.2, 0) is 11.3 Å². The SMILES string of the molecule is Oc1ccc(CNCCC2CCOC2)cc1Br. The lowest BCUT2D eigenvalue weighted by molar-refractivity contribution is 0.184. The van der Waals surface area contributed by atoms with E-state index in [9.17, 15) is 5.11 Å². The third-order valence-electron chi connectivity index (χ3n) is 3.09. The molecule has 1 aliphatic rings. The van der Waals surface area contributed by atoms with Crippen molar-refractivity contribution in [2.24, 2.45) is 5.92 Å². The zero-order valence-electron chi connectivity index (χ0n) is 9.79. The lowest BCUT2D eigenvalue weighted by atomic mass is 10.1. The fourth-order valence-electron chi connectivity index (χ4n) is 2.01. The highest BCUT2D eigenvalue weighted by Crippen LogP contribution is 2.24. The van der Waals surface area contributed by atoms with Crippen molar-refractivity contribution in [3.05, 3.63) is 28.2 Å². The highest BCUT2D eigenvalue weighted by molar-refractivity contribution is 9.10. The number of nitrogens with one attached hydrogen (secondary N) is 1. The molecule has 3 nitrogen and oxygen atoms in total. The van der Waals surface area contributed by atoms with E-state index in [0.29, 0.717) is 0 Å². The Morgan fingerprint density at radius 3 is 3.06 bits per heavy atom. The first kappa shape index (κ1) is 12.9. The van der Waals surface area contributed by atoms with Crippen LogP contribution in [-0.4, -0.2) is 24.9 Å². The van der Waals surface area contributed by atoms with E-state index < -0.39 is 0 Å². The Bertz CT molecular complexity index is 364. The molecule has 0 saturated carbocycles. The van der Waals surface area contributed by atoms with Gasteiger partial charge in [-0.3, -0.25) is 0 Å². The Morgan fingerprint density at radius 2 is 2.35 bits per heavy atom. The molecule has 1 atom stereocenters. The van der Waals surface area contributed by atoms with Gasteiger partial charge in [0, 0.05) is 19.8 Å². The van der Waals surface area contributed by atoms with Crippen LogP contribution < -0.4 is 5.32 Å². The van der Waals surface area contributed by atoms with Crippen molar-refractivity contribution in [3.63, 3.8) is 0 Å². The maximum atomic E-state index is 9.38. The van der Waals surface area contributed by atoms with Crippen LogP contribution in [0.25, 0.3) is 0 Å². The largest absolute Gasteiger partial charge is 0.507 e. The van der Waals surface area contributed by atoms with E-state index in [-0.39, 0.29) is 5.75 Å². The minimum absolute atomic E-state index is 0.289. The van der Waals surface area contributed by atoms with Gasteiger partial charge in [0.05, 0.1) is 4.47 Å². The molecule has 2 rings (SSSR count). The molecule has 0 amide bonds. The van der Waals surface area contributed by atoms with Gasteiger partial charge >= 0.3 is 0 Å². The number of phenols is 1. The maximum Gasteiger partial charge on any atom is 0.129 e. The highest BCUT2D eigenvalue weighted by Gasteiger charge is 2.14. The number of hydrogen-bond donors (Lipinski definition) is 2. The minimum Gasteiger partial charge on any atom is -0.507 e. The molecule has 1 aromatic rings. The zero-order chi connectivity index (χ0) is 12.1. The maximum absolute atomic E-state index is 9.38. The standard InChI is InChI=1S/C13H18BrNO2/c14-12-7-11(1-2-13(12)16)8-15-5-3-10-4-6-17-9-10/h1-2,7,10,15-16H,3-6,8-9H2. The lowest BCUT2D eigenvalue weighted by Crippen LogP contribution is -2.17. The average molecular weight is 300 g/mol. The van der Waals surface area contributed by atoms with Crippen LogP contribution in [0.1, 0.15) is 18.4 Å². The molecular weight excluding hydrogens is 282 g/mol. The van der Waals surface area contributed by atoms with Crippen molar-refractivity contribution in [2.45, 2.75) is 19.4 Å². The summed E-state index contributed by atoms with van der Waals surface area (Å²) in [7, 11) is 0. The summed E-state index contributed by atoms with van der Waals surface area (Å²) in [5, 5.41) is 12.8. The number of halogens is 1. The summed E-state index contributed by atoms with van der Waals surface area (Å²) in [6.07, 6.45) is 2.38. The Hall–Kier alpha value is -0.580. The molecule has 4 heteroatoms. The third kappa shape index (κ3) is 3.98. The van der Waals surface area contributed by atoms with Crippen LogP contribution in [0.3, 0.4) is 0 Å². The van der Waals surface area contributed by atoms with Gasteiger partial charge in [-0.15, -0.1) is 0 Å². The summed E-state index contributed by atoms with van der Waals surface area (Å²) < 4.78 is 6.09. The normalized spacial score (nSPS) is 19.7. The molecule has 2 N–H and O–H groups in total. The summed E-state index contributed by atoms with van der Waals surface area (Å²) in [4.78, 5) is 0. The van der Waals surface area contributed by atoms with Crippen LogP contribution in [0.2, 0.25) is 0 Å². The second-order valence-corrected chi connectivity index (χ2v) is 5.34. The van der Waals surface area contributed by atoms with E-state index in [1.165, 1.54) is 18.4 Å². The van der Waals surface area contributed by atoms with Crippen molar-refractivity contribution >= 4 is 15.9 Å². The summed E-state index contributed by atoms with van der Waals surface area (Å²) in [5.41, 5.74) is 1.18. The van der Waals surface area contributed by atoms with Crippen molar-refractivity contribution < 1.29 is 9.84 Å². The van der Waals surface area contributed by atoms with Gasteiger partial charge in [0.25, 0.3) is 0 Å². The molecule has 1 heterocycles. The predicted octanol–water partition coefficient (Wildman–Crippen LogP) is 2.67. The summed E-state index contributed by atoms with van der Waals surface area (Å²) in [6, 6.07) is 5.60. The lowest BCUT2D eigenvalue weighted by Gasteiger charge is -2.09. The number of benzene rings is 1. The van der Waals surface area contributed by atoms with Gasteiger partial charge in [0.2, 0.25) is 0 Å². The number of aromatic hydroxyl groups is 1. The molecule has 0 radical (unpaired) electrons. The van der Waals surface area contributed by atoms with E-state index >= 15 is 0 Å². The zero-order valence-corrected chi connectivity index (χ0v) is 11.4. The summed E-state index contributed by atoms with van der Waals surface area (Å²) >= 11 is 3.31. The Kier molecular flexibility index (Phi) is 4.83. The van der Waals surface area contributed by atoms with Gasteiger partial charge in [0.1, 0.15) is 5.75 Å². The van der Waals surface area contributed by atoms with Gasteiger partial charge in [0.15, 0.2) is 0 Å². The van der Waals surface area contributed by atoms with Crippen molar-refractivity contribution in [1.82, 2.24) is 5.32 Å². The number of phenolic OH excluding ortho intramolecular Hbond substituents is 1. The molecule has 0 aromatic heterocycles. The molecule has 17 heavy (non-hydrogen) atoms. The van der Waals surface area contributed by atoms with Crippen molar-refractivity contribution in [1.29, 1.82) is 0 Å². The number of ether oxygens (including phenoxy) is 1. The predicted molar refractivity (Wildman–Crippen MR) is 71.1 cm³/mol. The first-order valence-electron chi connectivity index (χ1n) is 6.01. The van der Waals surface area contributed by atoms with Crippen LogP contribution in [0.15, 0.2) is 22.7 Å². The van der Waals surface area contributed by atoms with Crippen molar-refractivity contribution in [3.8, 4) is 5.75 Å². The second kappa shape index (κ2) is 6.38. The Labute approximate surface area is 110 Å². The molecular formula is C13H18BrNO2. The van der Waals surface area contributed by atoms with Gasteiger partial charge in [-0.25, -0.2) is 0 Å². The molecule has 94 valence electrons. The van der Waals surface area contributed by atoms with Crippen LogP contribution in [0, 0.1) is 5.92 Å². The smallest absolute Gasteiger partial charge is 0.129 e. The molecule has 1 aromatic carbocycles. The summed E-state index contributed by atoms with van der Waals surface area (Å²) in [6.45, 7) is 3.71.